The van der Waals surface area contributed by atoms with Gasteiger partial charge in [0.05, 0.1) is 6.54 Å². The number of aryl methyl sites for hydroxylation is 2. The summed E-state index contributed by atoms with van der Waals surface area (Å²) in [7, 11) is 0. The highest BCUT2D eigenvalue weighted by Crippen LogP contribution is 2.16. The average molecular weight is 297 g/mol. The van der Waals surface area contributed by atoms with Gasteiger partial charge in [0.1, 0.15) is 21.8 Å². The van der Waals surface area contributed by atoms with Gasteiger partial charge in [-0.3, -0.25) is 0 Å². The first kappa shape index (κ1) is 14.2. The van der Waals surface area contributed by atoms with Crippen LogP contribution in [0, 0.1) is 0 Å². The standard InChI is InChI=1S/C13H17ClN4S/c1-3-5-11-17-10(14)6-12(18-11)15-8-13-16-7-9(4-2)19-13/h6-7H,3-5,8H2,1-2H3,(H,15,17,18). The lowest BCUT2D eigenvalue weighted by molar-refractivity contribution is 0.833. The second-order valence-corrected chi connectivity index (χ2v) is 5.76. The fourth-order valence-corrected chi connectivity index (χ4v) is 2.65. The molecule has 0 unspecified atom stereocenters. The van der Waals surface area contributed by atoms with E-state index in [4.69, 9.17) is 11.6 Å². The number of anilines is 1. The Labute approximate surface area is 122 Å². The van der Waals surface area contributed by atoms with Crippen LogP contribution in [0.4, 0.5) is 5.82 Å². The third-order valence-corrected chi connectivity index (χ3v) is 3.92. The van der Waals surface area contributed by atoms with Crippen LogP contribution < -0.4 is 5.32 Å². The third-order valence-electron chi connectivity index (χ3n) is 2.59. The minimum absolute atomic E-state index is 0.481. The average Bonchev–Trinajstić information content (AvgIpc) is 2.84. The highest BCUT2D eigenvalue weighted by molar-refractivity contribution is 7.11. The van der Waals surface area contributed by atoms with Crippen LogP contribution >= 0.6 is 22.9 Å². The van der Waals surface area contributed by atoms with E-state index in [-0.39, 0.29) is 0 Å². The molecule has 19 heavy (non-hydrogen) atoms. The zero-order valence-electron chi connectivity index (χ0n) is 11.1. The lowest BCUT2D eigenvalue weighted by atomic mass is 10.3. The lowest BCUT2D eigenvalue weighted by Crippen LogP contribution is -2.04. The molecule has 0 amide bonds. The molecule has 0 aliphatic carbocycles. The summed E-state index contributed by atoms with van der Waals surface area (Å²) < 4.78 is 0. The molecular formula is C13H17ClN4S. The minimum Gasteiger partial charge on any atom is -0.363 e. The van der Waals surface area contributed by atoms with Gasteiger partial charge in [-0.25, -0.2) is 15.0 Å². The monoisotopic (exact) mass is 296 g/mol. The molecule has 0 aromatic carbocycles. The third kappa shape index (κ3) is 4.14. The molecule has 0 spiro atoms. The molecule has 0 aliphatic heterocycles. The Morgan fingerprint density at radius 1 is 1.32 bits per heavy atom. The molecule has 0 saturated carbocycles. The zero-order chi connectivity index (χ0) is 13.7. The van der Waals surface area contributed by atoms with E-state index in [1.54, 1.807) is 17.4 Å². The van der Waals surface area contributed by atoms with Gasteiger partial charge in [-0.05, 0) is 12.8 Å². The first-order valence-corrected chi connectivity index (χ1v) is 7.61. The second kappa shape index (κ2) is 6.82. The molecule has 0 aliphatic rings. The second-order valence-electron chi connectivity index (χ2n) is 4.17. The molecule has 0 saturated heterocycles. The van der Waals surface area contributed by atoms with Gasteiger partial charge < -0.3 is 5.32 Å². The molecule has 1 N–H and O–H groups in total. The van der Waals surface area contributed by atoms with Crippen LogP contribution in [0.25, 0.3) is 0 Å². The van der Waals surface area contributed by atoms with Gasteiger partial charge in [-0.1, -0.05) is 25.4 Å². The van der Waals surface area contributed by atoms with E-state index in [0.29, 0.717) is 11.7 Å². The van der Waals surface area contributed by atoms with Crippen LogP contribution in [-0.2, 0) is 19.4 Å². The summed E-state index contributed by atoms with van der Waals surface area (Å²) in [5, 5.41) is 4.79. The van der Waals surface area contributed by atoms with Crippen molar-refractivity contribution in [2.75, 3.05) is 5.32 Å². The Morgan fingerprint density at radius 2 is 2.16 bits per heavy atom. The molecule has 0 bridgehead atoms. The predicted octanol–water partition coefficient (Wildman–Crippen LogP) is 3.71. The summed E-state index contributed by atoms with van der Waals surface area (Å²) >= 11 is 7.71. The molecular weight excluding hydrogens is 280 g/mol. The Kier molecular flexibility index (Phi) is 5.10. The molecule has 0 fully saturated rings. The normalized spacial score (nSPS) is 10.7. The quantitative estimate of drug-likeness (QED) is 0.826. The summed E-state index contributed by atoms with van der Waals surface area (Å²) in [6, 6.07) is 1.75. The first-order valence-electron chi connectivity index (χ1n) is 6.42. The van der Waals surface area contributed by atoms with Gasteiger partial charge in [0.2, 0.25) is 0 Å². The largest absolute Gasteiger partial charge is 0.363 e. The number of halogens is 1. The van der Waals surface area contributed by atoms with E-state index in [1.807, 2.05) is 6.20 Å². The maximum atomic E-state index is 5.99. The van der Waals surface area contributed by atoms with Crippen LogP contribution in [0.3, 0.4) is 0 Å². The smallest absolute Gasteiger partial charge is 0.134 e. The highest BCUT2D eigenvalue weighted by atomic mass is 35.5. The zero-order valence-corrected chi connectivity index (χ0v) is 12.7. The Morgan fingerprint density at radius 3 is 2.84 bits per heavy atom. The van der Waals surface area contributed by atoms with Crippen LogP contribution in [0.15, 0.2) is 12.3 Å². The molecule has 0 atom stereocenters. The number of rotatable bonds is 6. The highest BCUT2D eigenvalue weighted by Gasteiger charge is 2.04. The van der Waals surface area contributed by atoms with Crippen molar-refractivity contribution in [1.82, 2.24) is 15.0 Å². The number of aromatic nitrogens is 3. The maximum absolute atomic E-state index is 5.99. The fourth-order valence-electron chi connectivity index (χ4n) is 1.65. The van der Waals surface area contributed by atoms with E-state index >= 15 is 0 Å². The number of nitrogens with zero attached hydrogens (tertiary/aromatic N) is 3. The van der Waals surface area contributed by atoms with Gasteiger partial charge >= 0.3 is 0 Å². The summed E-state index contributed by atoms with van der Waals surface area (Å²) in [5.41, 5.74) is 0. The summed E-state index contributed by atoms with van der Waals surface area (Å²) in [5.74, 6) is 1.54. The number of hydrogen-bond acceptors (Lipinski definition) is 5. The van der Waals surface area contributed by atoms with E-state index in [0.717, 1.165) is 35.9 Å². The maximum Gasteiger partial charge on any atom is 0.134 e. The predicted molar refractivity (Wildman–Crippen MR) is 79.9 cm³/mol. The number of thiazole rings is 1. The summed E-state index contributed by atoms with van der Waals surface area (Å²) in [6.07, 6.45) is 4.80. The van der Waals surface area contributed by atoms with Crippen molar-refractivity contribution in [1.29, 1.82) is 0 Å². The SMILES string of the molecule is CCCc1nc(Cl)cc(NCc2ncc(CC)s2)n1. The van der Waals surface area contributed by atoms with Crippen molar-refractivity contribution in [3.8, 4) is 0 Å². The van der Waals surface area contributed by atoms with E-state index < -0.39 is 0 Å². The number of nitrogens with one attached hydrogen (secondary N) is 1. The number of hydrogen-bond donors (Lipinski definition) is 1. The van der Waals surface area contributed by atoms with Gasteiger partial charge in [0.25, 0.3) is 0 Å². The lowest BCUT2D eigenvalue weighted by Gasteiger charge is -2.06. The van der Waals surface area contributed by atoms with E-state index in [9.17, 15) is 0 Å². The fraction of sp³-hybridized carbons (Fsp3) is 0.462. The molecule has 2 rings (SSSR count). The molecule has 2 aromatic heterocycles. The van der Waals surface area contributed by atoms with Crippen molar-refractivity contribution in [3.05, 3.63) is 33.1 Å². The van der Waals surface area contributed by atoms with Crippen LogP contribution in [0.1, 0.15) is 36.0 Å². The Hall–Kier alpha value is -1.20. The van der Waals surface area contributed by atoms with Crippen molar-refractivity contribution in [2.45, 2.75) is 39.7 Å². The van der Waals surface area contributed by atoms with Crippen LogP contribution in [-0.4, -0.2) is 15.0 Å². The Bertz CT molecular complexity index is 541. The van der Waals surface area contributed by atoms with Crippen molar-refractivity contribution in [3.63, 3.8) is 0 Å². The van der Waals surface area contributed by atoms with Gasteiger partial charge in [-0.2, -0.15) is 0 Å². The molecule has 2 heterocycles. The molecule has 0 radical (unpaired) electrons. The molecule has 102 valence electrons. The topological polar surface area (TPSA) is 50.7 Å². The molecule has 4 nitrogen and oxygen atoms in total. The Balaban J connectivity index is 2.02. The van der Waals surface area contributed by atoms with Crippen molar-refractivity contribution in [2.24, 2.45) is 0 Å². The molecule has 2 aromatic rings. The van der Waals surface area contributed by atoms with Gasteiger partial charge in [0, 0.05) is 23.6 Å². The van der Waals surface area contributed by atoms with Crippen LogP contribution in [0.2, 0.25) is 5.15 Å². The minimum atomic E-state index is 0.481. The summed E-state index contributed by atoms with van der Waals surface area (Å²) in [6.45, 7) is 4.90. The summed E-state index contributed by atoms with van der Waals surface area (Å²) in [4.78, 5) is 14.3. The van der Waals surface area contributed by atoms with Gasteiger partial charge in [-0.15, -0.1) is 11.3 Å². The van der Waals surface area contributed by atoms with Crippen LogP contribution in [0.5, 0.6) is 0 Å². The first-order chi connectivity index (χ1) is 9.21. The van der Waals surface area contributed by atoms with Crippen molar-refractivity contribution < 1.29 is 0 Å². The molecule has 6 heteroatoms. The van der Waals surface area contributed by atoms with E-state index in [1.165, 1.54) is 4.88 Å². The van der Waals surface area contributed by atoms with E-state index in [2.05, 4.69) is 34.1 Å². The van der Waals surface area contributed by atoms with Crippen molar-refractivity contribution >= 4 is 28.8 Å². The van der Waals surface area contributed by atoms with Gasteiger partial charge in [0.15, 0.2) is 0 Å².